The lowest BCUT2D eigenvalue weighted by Gasteiger charge is -2.10. The predicted molar refractivity (Wildman–Crippen MR) is 76.4 cm³/mol. The molecule has 4 nitrogen and oxygen atoms in total. The van der Waals surface area contributed by atoms with Crippen molar-refractivity contribution in [3.05, 3.63) is 35.2 Å². The van der Waals surface area contributed by atoms with Gasteiger partial charge in [-0.15, -0.1) is 21.8 Å². The van der Waals surface area contributed by atoms with Gasteiger partial charge in [0, 0.05) is 19.2 Å². The van der Waals surface area contributed by atoms with Crippen molar-refractivity contribution >= 4 is 11.6 Å². The second kappa shape index (κ2) is 6.17. The minimum absolute atomic E-state index is 0.349. The monoisotopic (exact) mass is 279 g/mol. The molecule has 0 N–H and O–H groups in total. The van der Waals surface area contributed by atoms with Crippen LogP contribution in [0.4, 0.5) is 0 Å². The van der Waals surface area contributed by atoms with E-state index in [0.717, 1.165) is 17.2 Å². The van der Waals surface area contributed by atoms with Crippen LogP contribution in [0.25, 0.3) is 11.4 Å². The van der Waals surface area contributed by atoms with Gasteiger partial charge in [-0.25, -0.2) is 0 Å². The number of hydrogen-bond acceptors (Lipinski definition) is 3. The van der Waals surface area contributed by atoms with E-state index in [0.29, 0.717) is 19.0 Å². The third-order valence-electron chi connectivity index (χ3n) is 2.95. The molecule has 0 amide bonds. The Morgan fingerprint density at radius 3 is 2.42 bits per heavy atom. The lowest BCUT2D eigenvalue weighted by Crippen LogP contribution is -2.09. The van der Waals surface area contributed by atoms with Crippen LogP contribution in [0, 0.1) is 13.8 Å². The number of alkyl halides is 1. The van der Waals surface area contributed by atoms with E-state index in [1.807, 2.05) is 4.57 Å². The molecule has 19 heavy (non-hydrogen) atoms. The number of aryl methyl sites for hydroxylation is 2. The van der Waals surface area contributed by atoms with E-state index in [-0.39, 0.29) is 0 Å². The highest BCUT2D eigenvalue weighted by atomic mass is 35.5. The normalized spacial score (nSPS) is 10.9. The van der Waals surface area contributed by atoms with Crippen LogP contribution in [0.15, 0.2) is 18.2 Å². The highest BCUT2D eigenvalue weighted by molar-refractivity contribution is 6.16. The van der Waals surface area contributed by atoms with Gasteiger partial charge in [0.05, 0.1) is 12.5 Å². The molecule has 0 spiro atoms. The van der Waals surface area contributed by atoms with Gasteiger partial charge in [-0.1, -0.05) is 17.2 Å². The summed E-state index contributed by atoms with van der Waals surface area (Å²) in [5.41, 5.74) is 3.49. The second-order valence-electron chi connectivity index (χ2n) is 4.59. The van der Waals surface area contributed by atoms with Gasteiger partial charge in [-0.2, -0.15) is 0 Å². The first-order chi connectivity index (χ1) is 9.15. The topological polar surface area (TPSA) is 39.9 Å². The van der Waals surface area contributed by atoms with Gasteiger partial charge in [0.2, 0.25) is 0 Å². The summed E-state index contributed by atoms with van der Waals surface area (Å²) in [5, 5.41) is 8.41. The minimum atomic E-state index is 0.349. The third-order valence-corrected chi connectivity index (χ3v) is 3.18. The van der Waals surface area contributed by atoms with Crippen molar-refractivity contribution in [3.63, 3.8) is 0 Å². The Kier molecular flexibility index (Phi) is 4.56. The molecule has 0 unspecified atom stereocenters. The van der Waals surface area contributed by atoms with Crippen LogP contribution in [0.2, 0.25) is 0 Å². The maximum Gasteiger partial charge on any atom is 0.164 e. The maximum absolute atomic E-state index is 5.91. The van der Waals surface area contributed by atoms with Gasteiger partial charge < -0.3 is 9.30 Å². The number of halogens is 1. The molecule has 0 saturated heterocycles. The summed E-state index contributed by atoms with van der Waals surface area (Å²) in [4.78, 5) is 0. The fraction of sp³-hybridized carbons (Fsp3) is 0.429. The Morgan fingerprint density at radius 1 is 1.16 bits per heavy atom. The molecule has 0 aliphatic rings. The van der Waals surface area contributed by atoms with Crippen LogP contribution in [0.5, 0.6) is 0 Å². The zero-order chi connectivity index (χ0) is 13.8. The SMILES string of the molecule is COCCn1c(CCl)nnc1-c1cc(C)cc(C)c1. The van der Waals surface area contributed by atoms with Gasteiger partial charge in [0.25, 0.3) is 0 Å². The number of ether oxygens (including phenoxy) is 1. The van der Waals surface area contributed by atoms with Crippen molar-refractivity contribution in [2.45, 2.75) is 26.3 Å². The molecule has 5 heteroatoms. The standard InChI is InChI=1S/C14H18ClN3O/c1-10-6-11(2)8-12(7-10)14-17-16-13(9-15)18(14)4-5-19-3/h6-8H,4-5,9H2,1-3H3. The Hall–Kier alpha value is -1.39. The van der Waals surface area contributed by atoms with Gasteiger partial charge in [0.1, 0.15) is 5.82 Å². The first kappa shape index (κ1) is 14.0. The van der Waals surface area contributed by atoms with Gasteiger partial charge in [-0.05, 0) is 26.0 Å². The molecule has 0 aliphatic carbocycles. The Labute approximate surface area is 118 Å². The molecule has 1 heterocycles. The van der Waals surface area contributed by atoms with E-state index in [2.05, 4.69) is 42.2 Å². The number of hydrogen-bond donors (Lipinski definition) is 0. The van der Waals surface area contributed by atoms with E-state index in [4.69, 9.17) is 16.3 Å². The van der Waals surface area contributed by atoms with Crippen molar-refractivity contribution in [1.29, 1.82) is 0 Å². The van der Waals surface area contributed by atoms with Crippen LogP contribution in [-0.4, -0.2) is 28.5 Å². The number of rotatable bonds is 5. The van der Waals surface area contributed by atoms with Crippen molar-refractivity contribution in [2.24, 2.45) is 0 Å². The van der Waals surface area contributed by atoms with Crippen molar-refractivity contribution in [3.8, 4) is 11.4 Å². The number of nitrogens with zero attached hydrogens (tertiary/aromatic N) is 3. The summed E-state index contributed by atoms with van der Waals surface area (Å²) < 4.78 is 7.15. The first-order valence-corrected chi connectivity index (χ1v) is 6.74. The molecule has 1 aromatic heterocycles. The van der Waals surface area contributed by atoms with Crippen LogP contribution in [-0.2, 0) is 17.2 Å². The lowest BCUT2D eigenvalue weighted by atomic mass is 10.1. The fourth-order valence-corrected chi connectivity index (χ4v) is 2.37. The fourth-order valence-electron chi connectivity index (χ4n) is 2.17. The summed E-state index contributed by atoms with van der Waals surface area (Å²) in [7, 11) is 1.68. The zero-order valence-electron chi connectivity index (χ0n) is 11.5. The molecular weight excluding hydrogens is 262 g/mol. The van der Waals surface area contributed by atoms with Crippen molar-refractivity contribution in [1.82, 2.24) is 14.8 Å². The largest absolute Gasteiger partial charge is 0.383 e. The van der Waals surface area contributed by atoms with Crippen LogP contribution in [0.3, 0.4) is 0 Å². The summed E-state index contributed by atoms with van der Waals surface area (Å²) >= 11 is 5.91. The average molecular weight is 280 g/mol. The molecular formula is C14H18ClN3O. The first-order valence-electron chi connectivity index (χ1n) is 6.21. The van der Waals surface area contributed by atoms with E-state index < -0.39 is 0 Å². The summed E-state index contributed by atoms with van der Waals surface area (Å²) in [6, 6.07) is 6.36. The van der Waals surface area contributed by atoms with Crippen LogP contribution >= 0.6 is 11.6 Å². The molecule has 0 saturated carbocycles. The number of methoxy groups -OCH3 is 1. The Balaban J connectivity index is 2.45. The van der Waals surface area contributed by atoms with Gasteiger partial charge in [0.15, 0.2) is 5.82 Å². The van der Waals surface area contributed by atoms with Crippen molar-refractivity contribution < 1.29 is 4.74 Å². The highest BCUT2D eigenvalue weighted by Gasteiger charge is 2.13. The molecule has 2 aromatic rings. The van der Waals surface area contributed by atoms with Gasteiger partial charge >= 0.3 is 0 Å². The summed E-state index contributed by atoms with van der Waals surface area (Å²) in [5.74, 6) is 1.97. The number of benzene rings is 1. The summed E-state index contributed by atoms with van der Waals surface area (Å²) in [6.45, 7) is 5.47. The Morgan fingerprint density at radius 2 is 1.84 bits per heavy atom. The van der Waals surface area contributed by atoms with E-state index in [1.54, 1.807) is 7.11 Å². The Bertz CT molecular complexity index is 546. The van der Waals surface area contributed by atoms with Crippen LogP contribution < -0.4 is 0 Å². The molecule has 0 bridgehead atoms. The zero-order valence-corrected chi connectivity index (χ0v) is 12.2. The average Bonchev–Trinajstić information content (AvgIpc) is 2.77. The predicted octanol–water partition coefficient (Wildman–Crippen LogP) is 2.95. The van der Waals surface area contributed by atoms with Gasteiger partial charge in [-0.3, -0.25) is 0 Å². The molecule has 1 aromatic carbocycles. The summed E-state index contributed by atoms with van der Waals surface area (Å²) in [6.07, 6.45) is 0. The molecule has 0 aliphatic heterocycles. The molecule has 0 radical (unpaired) electrons. The highest BCUT2D eigenvalue weighted by Crippen LogP contribution is 2.22. The lowest BCUT2D eigenvalue weighted by molar-refractivity contribution is 0.187. The number of aromatic nitrogens is 3. The minimum Gasteiger partial charge on any atom is -0.383 e. The molecule has 0 fully saturated rings. The van der Waals surface area contributed by atoms with E-state index in [1.165, 1.54) is 11.1 Å². The molecule has 2 rings (SSSR count). The second-order valence-corrected chi connectivity index (χ2v) is 4.86. The quantitative estimate of drug-likeness (QED) is 0.790. The molecule has 0 atom stereocenters. The molecule has 102 valence electrons. The smallest absolute Gasteiger partial charge is 0.164 e. The van der Waals surface area contributed by atoms with Crippen molar-refractivity contribution in [2.75, 3.05) is 13.7 Å². The van der Waals surface area contributed by atoms with Crippen LogP contribution in [0.1, 0.15) is 17.0 Å². The third kappa shape index (κ3) is 3.14. The van der Waals surface area contributed by atoms with E-state index >= 15 is 0 Å². The van der Waals surface area contributed by atoms with E-state index in [9.17, 15) is 0 Å². The maximum atomic E-state index is 5.91.